The lowest BCUT2D eigenvalue weighted by Crippen LogP contribution is -2.62. The summed E-state index contributed by atoms with van der Waals surface area (Å²) >= 11 is 0. The second-order valence-electron chi connectivity index (χ2n) is 10.3. The minimum Gasteiger partial charge on any atom is -0.383 e. The number of hydrogen-bond donors (Lipinski definition) is 1. The van der Waals surface area contributed by atoms with E-state index in [1.807, 2.05) is 11.0 Å². The Morgan fingerprint density at radius 3 is 2.30 bits per heavy atom. The molecule has 0 radical (unpaired) electrons. The van der Waals surface area contributed by atoms with E-state index in [4.69, 9.17) is 4.18 Å². The molecule has 1 aromatic carbocycles. The van der Waals surface area contributed by atoms with Gasteiger partial charge in [0.1, 0.15) is 5.75 Å². The number of nitrogens with one attached hydrogen (secondary N) is 1. The number of nitrogens with zero attached hydrogens (tertiary/aromatic N) is 1. The quantitative estimate of drug-likeness (QED) is 0.654. The molecular weight excluding hydrogens is 400 g/mol. The molecule has 1 N–H and O–H groups in total. The number of carbonyl (C=O) groups is 1. The standard InChI is InChI=1S/C23H34N2O4S/c1-16(2)14-25(15-17-5-4-6-21(10-17)29-30(3,27)28)22(26)24-23-11-18-7-19(12-23)9-20(8-18)13-23/h4-6,10,16,18-20H,7-9,11-15H2,1-3H3,(H,24,26). The van der Waals surface area contributed by atoms with Gasteiger partial charge in [0.25, 0.3) is 0 Å². The number of urea groups is 1. The minimum atomic E-state index is -3.58. The van der Waals surface area contributed by atoms with Crippen LogP contribution < -0.4 is 9.50 Å². The fourth-order valence-electron chi connectivity index (χ4n) is 6.32. The Balaban J connectivity index is 1.47. The molecule has 4 aliphatic carbocycles. The second kappa shape index (κ2) is 8.06. The maximum absolute atomic E-state index is 13.4. The summed E-state index contributed by atoms with van der Waals surface area (Å²) in [5.41, 5.74) is 0.833. The van der Waals surface area contributed by atoms with Crippen molar-refractivity contribution in [3.63, 3.8) is 0 Å². The number of hydrogen-bond acceptors (Lipinski definition) is 4. The zero-order valence-corrected chi connectivity index (χ0v) is 19.1. The summed E-state index contributed by atoms with van der Waals surface area (Å²) in [5.74, 6) is 2.95. The molecule has 0 saturated heterocycles. The molecule has 0 spiro atoms. The topological polar surface area (TPSA) is 75.7 Å². The van der Waals surface area contributed by atoms with E-state index in [1.54, 1.807) is 18.2 Å². The maximum Gasteiger partial charge on any atom is 0.318 e. The molecule has 0 aromatic heterocycles. The minimum absolute atomic E-state index is 0.0000782. The normalized spacial score (nSPS) is 29.8. The van der Waals surface area contributed by atoms with E-state index in [9.17, 15) is 13.2 Å². The van der Waals surface area contributed by atoms with E-state index < -0.39 is 10.1 Å². The SMILES string of the molecule is CC(C)CN(Cc1cccc(OS(C)(=O)=O)c1)C(=O)NC12CC3CC(CC(C3)C1)C2. The maximum atomic E-state index is 13.4. The van der Waals surface area contributed by atoms with Crippen LogP contribution in [-0.2, 0) is 16.7 Å². The highest BCUT2D eigenvalue weighted by molar-refractivity contribution is 7.86. The Bertz CT molecular complexity index is 861. The van der Waals surface area contributed by atoms with Gasteiger partial charge in [-0.3, -0.25) is 0 Å². The van der Waals surface area contributed by atoms with E-state index in [2.05, 4.69) is 19.2 Å². The molecule has 5 rings (SSSR count). The van der Waals surface area contributed by atoms with E-state index in [0.29, 0.717) is 19.0 Å². The van der Waals surface area contributed by atoms with Gasteiger partial charge in [-0.1, -0.05) is 26.0 Å². The van der Waals surface area contributed by atoms with Crippen LogP contribution in [0.1, 0.15) is 57.9 Å². The second-order valence-corrected chi connectivity index (χ2v) is 11.9. The van der Waals surface area contributed by atoms with E-state index >= 15 is 0 Å². The molecule has 4 fully saturated rings. The lowest BCUT2D eigenvalue weighted by atomic mass is 9.53. The van der Waals surface area contributed by atoms with Crippen molar-refractivity contribution >= 4 is 16.1 Å². The molecule has 7 heteroatoms. The Morgan fingerprint density at radius 1 is 1.17 bits per heavy atom. The van der Waals surface area contributed by atoms with Crippen LogP contribution in [0.2, 0.25) is 0 Å². The Labute approximate surface area is 180 Å². The summed E-state index contributed by atoms with van der Waals surface area (Å²) in [6.45, 7) is 5.29. The largest absolute Gasteiger partial charge is 0.383 e. The molecule has 0 atom stereocenters. The average Bonchev–Trinajstić information content (AvgIpc) is 2.58. The summed E-state index contributed by atoms with van der Waals surface area (Å²) in [7, 11) is -3.58. The average molecular weight is 435 g/mol. The fourth-order valence-corrected chi connectivity index (χ4v) is 6.77. The monoisotopic (exact) mass is 434 g/mol. The van der Waals surface area contributed by atoms with Gasteiger partial charge < -0.3 is 14.4 Å². The van der Waals surface area contributed by atoms with Crippen LogP contribution in [0, 0.1) is 23.7 Å². The van der Waals surface area contributed by atoms with Crippen LogP contribution in [0.15, 0.2) is 24.3 Å². The van der Waals surface area contributed by atoms with Crippen LogP contribution in [-0.4, -0.2) is 37.7 Å². The third kappa shape index (κ3) is 5.10. The molecule has 1 aromatic rings. The molecule has 6 nitrogen and oxygen atoms in total. The summed E-state index contributed by atoms with van der Waals surface area (Å²) in [4.78, 5) is 15.2. The van der Waals surface area contributed by atoms with Gasteiger partial charge in [0, 0.05) is 18.6 Å². The van der Waals surface area contributed by atoms with Gasteiger partial charge in [0.15, 0.2) is 0 Å². The Morgan fingerprint density at radius 2 is 1.77 bits per heavy atom. The van der Waals surface area contributed by atoms with E-state index in [0.717, 1.165) is 48.8 Å². The molecule has 0 unspecified atom stereocenters. The van der Waals surface area contributed by atoms with Gasteiger partial charge in [-0.2, -0.15) is 8.42 Å². The van der Waals surface area contributed by atoms with Crippen LogP contribution >= 0.6 is 0 Å². The van der Waals surface area contributed by atoms with Crippen molar-refractivity contribution in [3.8, 4) is 5.75 Å². The molecule has 4 bridgehead atoms. The zero-order valence-electron chi connectivity index (χ0n) is 18.3. The van der Waals surface area contributed by atoms with Crippen LogP contribution in [0.25, 0.3) is 0 Å². The summed E-state index contributed by atoms with van der Waals surface area (Å²) < 4.78 is 27.9. The zero-order chi connectivity index (χ0) is 21.5. The van der Waals surface area contributed by atoms with Crippen molar-refractivity contribution in [1.82, 2.24) is 10.2 Å². The lowest BCUT2D eigenvalue weighted by Gasteiger charge is -2.57. The van der Waals surface area contributed by atoms with Crippen LogP contribution in [0.5, 0.6) is 5.75 Å². The highest BCUT2D eigenvalue weighted by Gasteiger charge is 2.51. The highest BCUT2D eigenvalue weighted by Crippen LogP contribution is 2.55. The molecule has 30 heavy (non-hydrogen) atoms. The summed E-state index contributed by atoms with van der Waals surface area (Å²) in [6, 6.07) is 6.99. The van der Waals surface area contributed by atoms with Crippen LogP contribution in [0.3, 0.4) is 0 Å². The first-order chi connectivity index (χ1) is 14.1. The van der Waals surface area contributed by atoms with E-state index in [1.165, 1.54) is 19.3 Å². The third-order valence-electron chi connectivity index (χ3n) is 6.80. The first kappa shape index (κ1) is 21.5. The van der Waals surface area contributed by atoms with Crippen LogP contribution in [0.4, 0.5) is 4.79 Å². The van der Waals surface area contributed by atoms with Crippen molar-refractivity contribution in [3.05, 3.63) is 29.8 Å². The molecule has 4 saturated carbocycles. The molecular formula is C23H34N2O4S. The number of carbonyl (C=O) groups excluding carboxylic acids is 1. The van der Waals surface area contributed by atoms with Crippen molar-refractivity contribution in [2.24, 2.45) is 23.7 Å². The molecule has 0 aliphatic heterocycles. The van der Waals surface area contributed by atoms with Crippen molar-refractivity contribution < 1.29 is 17.4 Å². The predicted octanol–water partition coefficient (Wildman–Crippen LogP) is 4.16. The third-order valence-corrected chi connectivity index (χ3v) is 7.30. The fraction of sp³-hybridized carbons (Fsp3) is 0.696. The van der Waals surface area contributed by atoms with Gasteiger partial charge in [-0.25, -0.2) is 4.79 Å². The Kier molecular flexibility index (Phi) is 5.77. The van der Waals surface area contributed by atoms with Gasteiger partial charge in [0.05, 0.1) is 6.26 Å². The predicted molar refractivity (Wildman–Crippen MR) is 117 cm³/mol. The summed E-state index contributed by atoms with van der Waals surface area (Å²) in [6.07, 6.45) is 8.44. The number of rotatable bonds is 7. The summed E-state index contributed by atoms with van der Waals surface area (Å²) in [5, 5.41) is 3.46. The molecule has 4 aliphatic rings. The molecule has 0 heterocycles. The molecule has 166 valence electrons. The lowest BCUT2D eigenvalue weighted by molar-refractivity contribution is -0.0160. The highest BCUT2D eigenvalue weighted by atomic mass is 32.2. The van der Waals surface area contributed by atoms with Gasteiger partial charge in [-0.15, -0.1) is 0 Å². The van der Waals surface area contributed by atoms with Gasteiger partial charge >= 0.3 is 16.1 Å². The molecule has 2 amide bonds. The van der Waals surface area contributed by atoms with Crippen molar-refractivity contribution in [1.29, 1.82) is 0 Å². The number of benzene rings is 1. The number of amides is 2. The van der Waals surface area contributed by atoms with Crippen molar-refractivity contribution in [2.75, 3.05) is 12.8 Å². The van der Waals surface area contributed by atoms with Crippen molar-refractivity contribution in [2.45, 2.75) is 64.5 Å². The van der Waals surface area contributed by atoms with E-state index in [-0.39, 0.29) is 17.3 Å². The van der Waals surface area contributed by atoms with Gasteiger partial charge in [0.2, 0.25) is 0 Å². The first-order valence-electron chi connectivity index (χ1n) is 11.1. The van der Waals surface area contributed by atoms with Gasteiger partial charge in [-0.05, 0) is 79.9 Å². The Hall–Kier alpha value is -1.76. The first-order valence-corrected chi connectivity index (χ1v) is 13.0. The smallest absolute Gasteiger partial charge is 0.318 e.